The van der Waals surface area contributed by atoms with Crippen LogP contribution < -0.4 is 5.32 Å². The van der Waals surface area contributed by atoms with Gasteiger partial charge in [-0.1, -0.05) is 13.8 Å². The number of rotatable bonds is 5. The molecular formula is C14H21F2NO. The monoisotopic (exact) mass is 257 g/mol. The number of halogens is 2. The molecule has 1 aromatic rings. The van der Waals surface area contributed by atoms with Crippen LogP contribution in [0.1, 0.15) is 37.5 Å². The SMILES string of the molecule is CN[C@@H](CC(C)C)C(O)c1c(F)cc(C)cc1F. The van der Waals surface area contributed by atoms with Crippen LogP contribution in [0.15, 0.2) is 12.1 Å². The third-order valence-corrected chi connectivity index (χ3v) is 3.00. The first-order chi connectivity index (χ1) is 8.36. The molecule has 1 rings (SSSR count). The van der Waals surface area contributed by atoms with E-state index in [0.717, 1.165) is 0 Å². The Labute approximate surface area is 107 Å². The van der Waals surface area contributed by atoms with E-state index in [-0.39, 0.29) is 11.6 Å². The van der Waals surface area contributed by atoms with Crippen molar-refractivity contribution in [1.82, 2.24) is 5.32 Å². The average Bonchev–Trinajstić information content (AvgIpc) is 2.23. The van der Waals surface area contributed by atoms with E-state index < -0.39 is 17.7 Å². The van der Waals surface area contributed by atoms with Crippen molar-refractivity contribution >= 4 is 0 Å². The number of aryl methyl sites for hydroxylation is 1. The van der Waals surface area contributed by atoms with Gasteiger partial charge in [0.2, 0.25) is 0 Å². The van der Waals surface area contributed by atoms with E-state index in [9.17, 15) is 13.9 Å². The number of hydrogen-bond acceptors (Lipinski definition) is 2. The quantitative estimate of drug-likeness (QED) is 0.850. The van der Waals surface area contributed by atoms with E-state index in [4.69, 9.17) is 0 Å². The van der Waals surface area contributed by atoms with Gasteiger partial charge < -0.3 is 10.4 Å². The summed E-state index contributed by atoms with van der Waals surface area (Å²) in [5, 5.41) is 13.1. The van der Waals surface area contributed by atoms with Crippen molar-refractivity contribution in [2.75, 3.05) is 7.05 Å². The van der Waals surface area contributed by atoms with Gasteiger partial charge in [0.25, 0.3) is 0 Å². The van der Waals surface area contributed by atoms with Gasteiger partial charge in [0.1, 0.15) is 11.6 Å². The Hall–Kier alpha value is -1.00. The first-order valence-corrected chi connectivity index (χ1v) is 6.17. The van der Waals surface area contributed by atoms with Gasteiger partial charge in [-0.2, -0.15) is 0 Å². The second-order valence-corrected chi connectivity index (χ2v) is 5.11. The second kappa shape index (κ2) is 6.25. The highest BCUT2D eigenvalue weighted by atomic mass is 19.1. The van der Waals surface area contributed by atoms with Crippen LogP contribution in [0.2, 0.25) is 0 Å². The van der Waals surface area contributed by atoms with Crippen molar-refractivity contribution in [2.45, 2.75) is 39.3 Å². The van der Waals surface area contributed by atoms with Crippen LogP contribution in [0, 0.1) is 24.5 Å². The highest BCUT2D eigenvalue weighted by molar-refractivity contribution is 5.28. The second-order valence-electron chi connectivity index (χ2n) is 5.11. The van der Waals surface area contributed by atoms with E-state index in [1.807, 2.05) is 13.8 Å². The maximum absolute atomic E-state index is 13.8. The first-order valence-electron chi connectivity index (χ1n) is 6.17. The number of aliphatic hydroxyl groups is 1. The summed E-state index contributed by atoms with van der Waals surface area (Å²) < 4.78 is 27.5. The summed E-state index contributed by atoms with van der Waals surface area (Å²) in [6.45, 7) is 5.61. The molecule has 18 heavy (non-hydrogen) atoms. The molecule has 4 heteroatoms. The minimum Gasteiger partial charge on any atom is -0.387 e. The molecule has 0 saturated carbocycles. The number of benzene rings is 1. The summed E-state index contributed by atoms with van der Waals surface area (Å²) in [5.74, 6) is -1.05. The molecular weight excluding hydrogens is 236 g/mol. The summed E-state index contributed by atoms with van der Waals surface area (Å²) in [5.41, 5.74) is 0.256. The van der Waals surface area contributed by atoms with Crippen LogP contribution in [-0.4, -0.2) is 18.2 Å². The highest BCUT2D eigenvalue weighted by Gasteiger charge is 2.26. The van der Waals surface area contributed by atoms with E-state index in [1.54, 1.807) is 14.0 Å². The molecule has 2 nitrogen and oxygen atoms in total. The predicted molar refractivity (Wildman–Crippen MR) is 68.4 cm³/mol. The summed E-state index contributed by atoms with van der Waals surface area (Å²) in [6.07, 6.45) is -0.539. The molecule has 1 aromatic carbocycles. The minimum atomic E-state index is -1.18. The lowest BCUT2D eigenvalue weighted by molar-refractivity contribution is 0.113. The topological polar surface area (TPSA) is 32.3 Å². The Kier molecular flexibility index (Phi) is 5.23. The first kappa shape index (κ1) is 15.1. The van der Waals surface area contributed by atoms with Crippen LogP contribution in [0.4, 0.5) is 8.78 Å². The van der Waals surface area contributed by atoms with Gasteiger partial charge in [0.05, 0.1) is 11.7 Å². The van der Waals surface area contributed by atoms with Crippen molar-refractivity contribution in [2.24, 2.45) is 5.92 Å². The smallest absolute Gasteiger partial charge is 0.132 e. The lowest BCUT2D eigenvalue weighted by atomic mass is 9.93. The fourth-order valence-electron chi connectivity index (χ4n) is 2.11. The molecule has 0 aromatic heterocycles. The van der Waals surface area contributed by atoms with Gasteiger partial charge in [-0.15, -0.1) is 0 Å². The Bertz CT molecular complexity index is 384. The largest absolute Gasteiger partial charge is 0.387 e. The number of aliphatic hydroxyl groups excluding tert-OH is 1. The molecule has 0 aliphatic heterocycles. The standard InChI is InChI=1S/C14H21F2NO/c1-8(2)5-12(17-4)14(18)13-10(15)6-9(3)7-11(13)16/h6-8,12,14,17-18H,5H2,1-4H3/t12-,14?/m0/s1. The molecule has 2 atom stereocenters. The van der Waals surface area contributed by atoms with E-state index in [1.165, 1.54) is 12.1 Å². The molecule has 0 bridgehead atoms. The van der Waals surface area contributed by atoms with Crippen LogP contribution in [0.25, 0.3) is 0 Å². The summed E-state index contributed by atoms with van der Waals surface area (Å²) in [6, 6.07) is 2.12. The Balaban J connectivity index is 3.05. The molecule has 0 amide bonds. The number of hydrogen-bond donors (Lipinski definition) is 2. The Morgan fingerprint density at radius 3 is 2.11 bits per heavy atom. The van der Waals surface area contributed by atoms with Crippen molar-refractivity contribution in [3.63, 3.8) is 0 Å². The summed E-state index contributed by atoms with van der Waals surface area (Å²) >= 11 is 0. The van der Waals surface area contributed by atoms with Gasteiger partial charge in [-0.25, -0.2) is 8.78 Å². The lowest BCUT2D eigenvalue weighted by Gasteiger charge is -2.25. The van der Waals surface area contributed by atoms with Gasteiger partial charge in [0.15, 0.2) is 0 Å². The predicted octanol–water partition coefficient (Wildman–Crippen LogP) is 2.94. The van der Waals surface area contributed by atoms with Crippen molar-refractivity contribution < 1.29 is 13.9 Å². The Morgan fingerprint density at radius 2 is 1.72 bits per heavy atom. The highest BCUT2D eigenvalue weighted by Crippen LogP contribution is 2.27. The number of likely N-dealkylation sites (N-methyl/N-ethyl adjacent to an activating group) is 1. The van der Waals surface area contributed by atoms with Gasteiger partial charge in [-0.05, 0) is 44.0 Å². The van der Waals surface area contributed by atoms with Crippen LogP contribution in [0.5, 0.6) is 0 Å². The molecule has 1 unspecified atom stereocenters. The fourth-order valence-corrected chi connectivity index (χ4v) is 2.11. The van der Waals surface area contributed by atoms with Crippen LogP contribution >= 0.6 is 0 Å². The molecule has 0 aliphatic rings. The molecule has 0 spiro atoms. The van der Waals surface area contributed by atoms with E-state index in [2.05, 4.69) is 5.32 Å². The van der Waals surface area contributed by atoms with Crippen molar-refractivity contribution in [3.8, 4) is 0 Å². The van der Waals surface area contributed by atoms with Crippen molar-refractivity contribution in [1.29, 1.82) is 0 Å². The number of nitrogens with one attached hydrogen (secondary N) is 1. The lowest BCUT2D eigenvalue weighted by Crippen LogP contribution is -2.34. The maximum atomic E-state index is 13.8. The molecule has 0 aliphatic carbocycles. The third-order valence-electron chi connectivity index (χ3n) is 3.00. The molecule has 0 heterocycles. The molecule has 102 valence electrons. The van der Waals surface area contributed by atoms with E-state index in [0.29, 0.717) is 17.9 Å². The normalized spacial score (nSPS) is 14.9. The zero-order valence-corrected chi connectivity index (χ0v) is 11.3. The van der Waals surface area contributed by atoms with Crippen molar-refractivity contribution in [3.05, 3.63) is 34.9 Å². The zero-order chi connectivity index (χ0) is 13.9. The molecule has 0 radical (unpaired) electrons. The van der Waals surface area contributed by atoms with Crippen LogP contribution in [-0.2, 0) is 0 Å². The zero-order valence-electron chi connectivity index (χ0n) is 11.3. The van der Waals surface area contributed by atoms with Gasteiger partial charge in [-0.3, -0.25) is 0 Å². The minimum absolute atomic E-state index is 0.249. The van der Waals surface area contributed by atoms with Crippen LogP contribution in [0.3, 0.4) is 0 Å². The molecule has 0 saturated heterocycles. The third kappa shape index (κ3) is 3.50. The maximum Gasteiger partial charge on any atom is 0.132 e. The summed E-state index contributed by atoms with van der Waals surface area (Å²) in [7, 11) is 1.68. The Morgan fingerprint density at radius 1 is 1.22 bits per heavy atom. The van der Waals surface area contributed by atoms with Gasteiger partial charge in [0, 0.05) is 6.04 Å². The average molecular weight is 257 g/mol. The molecule has 0 fully saturated rings. The summed E-state index contributed by atoms with van der Waals surface area (Å²) in [4.78, 5) is 0. The van der Waals surface area contributed by atoms with E-state index >= 15 is 0 Å². The van der Waals surface area contributed by atoms with Gasteiger partial charge >= 0.3 is 0 Å². The fraction of sp³-hybridized carbons (Fsp3) is 0.571. The molecule has 2 N–H and O–H groups in total.